The molecular weight excluding hydrogens is 328 g/mol. The molecule has 0 bridgehead atoms. The Morgan fingerprint density at radius 2 is 2.20 bits per heavy atom. The number of amides is 1. The minimum absolute atomic E-state index is 0.293. The average Bonchev–Trinajstić information content (AvgIpc) is 3.18. The summed E-state index contributed by atoms with van der Waals surface area (Å²) in [6, 6.07) is 6.45. The van der Waals surface area contributed by atoms with Crippen molar-refractivity contribution < 1.29 is 28.4 Å². The Balaban J connectivity index is 1.81. The molecule has 8 heteroatoms. The average molecular weight is 343 g/mol. The number of hydrogen-bond acceptors (Lipinski definition) is 7. The van der Waals surface area contributed by atoms with Crippen molar-refractivity contribution in [2.75, 3.05) is 6.61 Å². The second kappa shape index (κ2) is 6.68. The summed E-state index contributed by atoms with van der Waals surface area (Å²) in [7, 11) is 0. The topological polar surface area (TPSA) is 118 Å². The van der Waals surface area contributed by atoms with E-state index in [-0.39, 0.29) is 5.91 Å². The summed E-state index contributed by atoms with van der Waals surface area (Å²) in [5.74, 6) is -0.441. The molecule has 1 atom stereocenters. The lowest BCUT2D eigenvalue weighted by molar-refractivity contribution is -0.307. The van der Waals surface area contributed by atoms with E-state index >= 15 is 0 Å². The number of rotatable bonds is 6. The number of aryl methyl sites for hydroxylation is 1. The van der Waals surface area contributed by atoms with Crippen molar-refractivity contribution in [1.29, 1.82) is 0 Å². The highest BCUT2D eigenvalue weighted by atomic mass is 16.5. The number of benzene rings is 1. The second-order valence-electron chi connectivity index (χ2n) is 5.47. The van der Waals surface area contributed by atoms with Gasteiger partial charge in [0, 0.05) is 5.39 Å². The number of aliphatic carboxylic acids is 1. The van der Waals surface area contributed by atoms with Gasteiger partial charge in [0.25, 0.3) is 5.91 Å². The van der Waals surface area contributed by atoms with Crippen LogP contribution in [-0.4, -0.2) is 23.6 Å². The summed E-state index contributed by atoms with van der Waals surface area (Å²) in [5, 5.41) is 17.7. The lowest BCUT2D eigenvalue weighted by Crippen LogP contribution is -2.28. The van der Waals surface area contributed by atoms with E-state index in [2.05, 4.69) is 10.5 Å². The maximum atomic E-state index is 12.2. The van der Waals surface area contributed by atoms with Crippen molar-refractivity contribution in [2.24, 2.45) is 0 Å². The van der Waals surface area contributed by atoms with Crippen molar-refractivity contribution >= 4 is 22.8 Å². The Kier molecular flexibility index (Phi) is 4.42. The molecule has 130 valence electrons. The van der Waals surface area contributed by atoms with E-state index in [1.165, 1.54) is 6.20 Å². The lowest BCUT2D eigenvalue weighted by atomic mass is 10.2. The summed E-state index contributed by atoms with van der Waals surface area (Å²) in [4.78, 5) is 22.8. The quantitative estimate of drug-likeness (QED) is 0.717. The Morgan fingerprint density at radius 3 is 2.88 bits per heavy atom. The SMILES string of the molecule is Cc1oncc1C(=O)NC(C)c1cc2cccc(OCC(=O)[O-])c2o1. The van der Waals surface area contributed by atoms with Crippen LogP contribution in [0.25, 0.3) is 11.0 Å². The standard InChI is InChI=1S/C17H16N2O6/c1-9(19-17(22)12-7-18-25-10(12)2)14-6-11-4-3-5-13(16(11)24-14)23-8-15(20)21/h3-7,9H,8H2,1-2H3,(H,19,22)(H,20,21)/p-1. The van der Waals surface area contributed by atoms with Gasteiger partial charge in [-0.25, -0.2) is 0 Å². The molecule has 2 heterocycles. The molecule has 0 spiro atoms. The number of aromatic nitrogens is 1. The molecule has 0 aliphatic rings. The number of nitrogens with one attached hydrogen (secondary N) is 1. The summed E-state index contributed by atoms with van der Waals surface area (Å²) < 4.78 is 15.8. The number of carbonyl (C=O) groups excluding carboxylic acids is 2. The van der Waals surface area contributed by atoms with Gasteiger partial charge in [-0.3, -0.25) is 4.79 Å². The highest BCUT2D eigenvalue weighted by Crippen LogP contribution is 2.31. The number of carboxylic acids is 1. The zero-order valence-corrected chi connectivity index (χ0v) is 13.6. The predicted molar refractivity (Wildman–Crippen MR) is 83.8 cm³/mol. The van der Waals surface area contributed by atoms with Crippen molar-refractivity contribution in [3.63, 3.8) is 0 Å². The molecule has 1 N–H and O–H groups in total. The van der Waals surface area contributed by atoms with Gasteiger partial charge in [0.05, 0.1) is 18.2 Å². The van der Waals surface area contributed by atoms with Gasteiger partial charge in [0.2, 0.25) is 0 Å². The Labute approximate surface area is 142 Å². The van der Waals surface area contributed by atoms with E-state index in [0.29, 0.717) is 28.4 Å². The smallest absolute Gasteiger partial charge is 0.257 e. The van der Waals surface area contributed by atoms with Crippen LogP contribution in [0, 0.1) is 6.92 Å². The van der Waals surface area contributed by atoms with Crippen molar-refractivity contribution in [1.82, 2.24) is 10.5 Å². The van der Waals surface area contributed by atoms with Crippen molar-refractivity contribution in [3.8, 4) is 5.75 Å². The first kappa shape index (κ1) is 16.6. The van der Waals surface area contributed by atoms with Gasteiger partial charge in [-0.2, -0.15) is 0 Å². The minimum Gasteiger partial charge on any atom is -0.546 e. The third kappa shape index (κ3) is 3.47. The highest BCUT2D eigenvalue weighted by Gasteiger charge is 2.19. The zero-order chi connectivity index (χ0) is 18.0. The van der Waals surface area contributed by atoms with E-state index in [1.54, 1.807) is 38.1 Å². The third-order valence-corrected chi connectivity index (χ3v) is 3.64. The second-order valence-corrected chi connectivity index (χ2v) is 5.47. The van der Waals surface area contributed by atoms with Gasteiger partial charge < -0.3 is 28.9 Å². The van der Waals surface area contributed by atoms with Gasteiger partial charge in [-0.1, -0.05) is 17.3 Å². The summed E-state index contributed by atoms with van der Waals surface area (Å²) in [5.41, 5.74) is 0.752. The van der Waals surface area contributed by atoms with E-state index in [0.717, 1.165) is 5.39 Å². The fraction of sp³-hybridized carbons (Fsp3) is 0.235. The Morgan fingerprint density at radius 1 is 1.40 bits per heavy atom. The molecule has 25 heavy (non-hydrogen) atoms. The van der Waals surface area contributed by atoms with Crippen LogP contribution < -0.4 is 15.2 Å². The molecule has 0 saturated carbocycles. The molecular formula is C17H15N2O6-. The van der Waals surface area contributed by atoms with Crippen molar-refractivity contribution in [2.45, 2.75) is 19.9 Å². The number of carbonyl (C=O) groups is 2. The zero-order valence-electron chi connectivity index (χ0n) is 13.6. The lowest BCUT2D eigenvalue weighted by Gasteiger charge is -2.10. The first-order valence-electron chi connectivity index (χ1n) is 7.53. The van der Waals surface area contributed by atoms with Crippen LogP contribution in [0.4, 0.5) is 0 Å². The molecule has 0 fully saturated rings. The third-order valence-electron chi connectivity index (χ3n) is 3.64. The fourth-order valence-corrected chi connectivity index (χ4v) is 2.38. The molecule has 3 rings (SSSR count). The number of furan rings is 1. The number of fused-ring (bicyclic) bond motifs is 1. The highest BCUT2D eigenvalue weighted by molar-refractivity contribution is 5.95. The number of carboxylic acid groups (broad SMARTS) is 1. The molecule has 8 nitrogen and oxygen atoms in total. The largest absolute Gasteiger partial charge is 0.546 e. The van der Waals surface area contributed by atoms with E-state index in [4.69, 9.17) is 13.7 Å². The number of hydrogen-bond donors (Lipinski definition) is 1. The van der Waals surface area contributed by atoms with Gasteiger partial charge >= 0.3 is 0 Å². The van der Waals surface area contributed by atoms with Crippen molar-refractivity contribution in [3.05, 3.63) is 47.5 Å². The summed E-state index contributed by atoms with van der Waals surface area (Å²) in [6.45, 7) is 2.84. The monoisotopic (exact) mass is 343 g/mol. The van der Waals surface area contributed by atoms with Crippen LogP contribution in [0.5, 0.6) is 5.75 Å². The Hall–Kier alpha value is -3.29. The molecule has 2 aromatic heterocycles. The minimum atomic E-state index is -1.33. The molecule has 1 aromatic carbocycles. The predicted octanol–water partition coefficient (Wildman–Crippen LogP) is 1.35. The molecule has 0 saturated heterocycles. The van der Waals surface area contributed by atoms with Gasteiger partial charge in [0.1, 0.15) is 23.7 Å². The van der Waals surface area contributed by atoms with Gasteiger partial charge in [-0.05, 0) is 26.0 Å². The van der Waals surface area contributed by atoms with Crippen LogP contribution >= 0.6 is 0 Å². The molecule has 0 aliphatic heterocycles. The van der Waals surface area contributed by atoms with Crippen LogP contribution in [0.1, 0.15) is 34.8 Å². The Bertz CT molecular complexity index is 926. The van der Waals surface area contributed by atoms with E-state index in [9.17, 15) is 14.7 Å². The van der Waals surface area contributed by atoms with Gasteiger partial charge in [-0.15, -0.1) is 0 Å². The van der Waals surface area contributed by atoms with Crippen LogP contribution in [-0.2, 0) is 4.79 Å². The molecule has 1 amide bonds. The molecule has 0 radical (unpaired) electrons. The van der Waals surface area contributed by atoms with Crippen LogP contribution in [0.15, 0.2) is 39.4 Å². The maximum Gasteiger partial charge on any atom is 0.257 e. The first-order valence-corrected chi connectivity index (χ1v) is 7.53. The molecule has 0 aliphatic carbocycles. The van der Waals surface area contributed by atoms with E-state index in [1.807, 2.05) is 0 Å². The number of ether oxygens (including phenoxy) is 1. The van der Waals surface area contributed by atoms with Gasteiger partial charge in [0.15, 0.2) is 11.3 Å². The van der Waals surface area contributed by atoms with Crippen LogP contribution in [0.3, 0.4) is 0 Å². The first-order chi connectivity index (χ1) is 12.0. The fourth-order valence-electron chi connectivity index (χ4n) is 2.38. The summed E-state index contributed by atoms with van der Waals surface area (Å²) >= 11 is 0. The number of nitrogens with zero attached hydrogens (tertiary/aromatic N) is 1. The normalized spacial score (nSPS) is 12.1. The van der Waals surface area contributed by atoms with Crippen LogP contribution in [0.2, 0.25) is 0 Å². The maximum absolute atomic E-state index is 12.2. The van der Waals surface area contributed by atoms with E-state index < -0.39 is 18.6 Å². The number of para-hydroxylation sites is 1. The molecule has 1 unspecified atom stereocenters. The summed E-state index contributed by atoms with van der Waals surface area (Å²) in [6.07, 6.45) is 1.35. The molecule has 3 aromatic rings.